The van der Waals surface area contributed by atoms with Crippen molar-refractivity contribution in [3.63, 3.8) is 0 Å². The molecule has 0 atom stereocenters. The highest BCUT2D eigenvalue weighted by Crippen LogP contribution is 2.49. The van der Waals surface area contributed by atoms with Crippen LogP contribution in [0.4, 0.5) is 10.1 Å². The summed E-state index contributed by atoms with van der Waals surface area (Å²) in [7, 11) is 0. The Bertz CT molecular complexity index is 925. The zero-order chi connectivity index (χ0) is 21.3. The Balaban J connectivity index is 1.31. The van der Waals surface area contributed by atoms with Crippen molar-refractivity contribution >= 4 is 17.5 Å². The second-order valence-electron chi connectivity index (χ2n) is 8.47. The molecule has 30 heavy (non-hydrogen) atoms. The number of nitrogens with zero attached hydrogens (tertiary/aromatic N) is 2. The summed E-state index contributed by atoms with van der Waals surface area (Å²) >= 11 is 0. The molecule has 1 aliphatic heterocycles. The van der Waals surface area contributed by atoms with Gasteiger partial charge in [0, 0.05) is 31.9 Å². The Morgan fingerprint density at radius 1 is 0.967 bits per heavy atom. The highest BCUT2D eigenvalue weighted by molar-refractivity contribution is 5.94. The Labute approximate surface area is 176 Å². The zero-order valence-electron chi connectivity index (χ0n) is 17.6. The van der Waals surface area contributed by atoms with Crippen molar-refractivity contribution < 1.29 is 14.0 Å². The van der Waals surface area contributed by atoms with E-state index in [2.05, 4.69) is 10.2 Å². The zero-order valence-corrected chi connectivity index (χ0v) is 17.6. The number of anilines is 1. The number of halogens is 1. The number of aryl methyl sites for hydroxylation is 2. The molecule has 1 aliphatic carbocycles. The highest BCUT2D eigenvalue weighted by atomic mass is 19.1. The van der Waals surface area contributed by atoms with Crippen LogP contribution in [0.15, 0.2) is 42.5 Å². The normalized spacial score (nSPS) is 18.2. The molecule has 0 radical (unpaired) electrons. The van der Waals surface area contributed by atoms with Gasteiger partial charge in [0.05, 0.1) is 12.0 Å². The minimum absolute atomic E-state index is 0.0304. The SMILES string of the molecule is Cc1cccc(C)c1NC(=O)CN1CCN(C(=O)C2(c3ccc(F)cc3)CC2)CC1. The van der Waals surface area contributed by atoms with Crippen LogP contribution in [-0.4, -0.2) is 54.3 Å². The lowest BCUT2D eigenvalue weighted by Crippen LogP contribution is -2.52. The van der Waals surface area contributed by atoms with Crippen LogP contribution in [0.1, 0.15) is 29.5 Å². The van der Waals surface area contributed by atoms with E-state index in [0.29, 0.717) is 32.7 Å². The summed E-state index contributed by atoms with van der Waals surface area (Å²) in [6.07, 6.45) is 1.63. The predicted octanol–water partition coefficient (Wildman–Crippen LogP) is 3.26. The fourth-order valence-corrected chi connectivity index (χ4v) is 4.33. The molecular formula is C24H28FN3O2. The van der Waals surface area contributed by atoms with Gasteiger partial charge in [0.1, 0.15) is 5.82 Å². The molecule has 158 valence electrons. The first-order valence-corrected chi connectivity index (χ1v) is 10.5. The molecule has 6 heteroatoms. The Morgan fingerprint density at radius 3 is 2.13 bits per heavy atom. The molecule has 2 fully saturated rings. The topological polar surface area (TPSA) is 52.7 Å². The number of hydrogen-bond acceptors (Lipinski definition) is 3. The number of piperazine rings is 1. The molecule has 1 saturated carbocycles. The van der Waals surface area contributed by atoms with Crippen molar-refractivity contribution in [3.05, 3.63) is 65.0 Å². The molecule has 1 heterocycles. The molecule has 4 rings (SSSR count). The summed E-state index contributed by atoms with van der Waals surface area (Å²) in [6.45, 7) is 6.86. The maximum atomic E-state index is 13.2. The van der Waals surface area contributed by atoms with Gasteiger partial charge in [0.15, 0.2) is 0 Å². The van der Waals surface area contributed by atoms with Crippen LogP contribution >= 0.6 is 0 Å². The van der Waals surface area contributed by atoms with E-state index in [4.69, 9.17) is 0 Å². The maximum absolute atomic E-state index is 13.2. The molecule has 0 bridgehead atoms. The van der Waals surface area contributed by atoms with Gasteiger partial charge in [-0.3, -0.25) is 14.5 Å². The van der Waals surface area contributed by atoms with Crippen LogP contribution in [0.2, 0.25) is 0 Å². The number of rotatable bonds is 5. The predicted molar refractivity (Wildman–Crippen MR) is 115 cm³/mol. The number of benzene rings is 2. The number of carbonyl (C=O) groups is 2. The molecule has 0 unspecified atom stereocenters. The smallest absolute Gasteiger partial charge is 0.238 e. The molecule has 0 spiro atoms. The number of carbonyl (C=O) groups excluding carboxylic acids is 2. The van der Waals surface area contributed by atoms with Gasteiger partial charge in [-0.1, -0.05) is 30.3 Å². The lowest BCUT2D eigenvalue weighted by atomic mass is 9.94. The quantitative estimate of drug-likeness (QED) is 0.825. The van der Waals surface area contributed by atoms with E-state index in [1.807, 2.05) is 36.9 Å². The van der Waals surface area contributed by atoms with Crippen molar-refractivity contribution in [3.8, 4) is 0 Å². The molecule has 1 N–H and O–H groups in total. The van der Waals surface area contributed by atoms with Gasteiger partial charge in [0.25, 0.3) is 0 Å². The Kier molecular flexibility index (Phi) is 5.60. The van der Waals surface area contributed by atoms with E-state index < -0.39 is 5.41 Å². The summed E-state index contributed by atoms with van der Waals surface area (Å²) in [5.74, 6) is -0.180. The molecule has 5 nitrogen and oxygen atoms in total. The average molecular weight is 410 g/mol. The van der Waals surface area contributed by atoms with E-state index in [1.54, 1.807) is 12.1 Å². The Morgan fingerprint density at radius 2 is 1.57 bits per heavy atom. The molecular weight excluding hydrogens is 381 g/mol. The highest BCUT2D eigenvalue weighted by Gasteiger charge is 2.53. The van der Waals surface area contributed by atoms with E-state index in [9.17, 15) is 14.0 Å². The second-order valence-corrected chi connectivity index (χ2v) is 8.47. The first kappa shape index (κ1) is 20.5. The molecule has 2 aromatic rings. The third-order valence-corrected chi connectivity index (χ3v) is 6.33. The van der Waals surface area contributed by atoms with Gasteiger partial charge in [0.2, 0.25) is 11.8 Å². The summed E-state index contributed by atoms with van der Waals surface area (Å²) < 4.78 is 13.2. The minimum atomic E-state index is -0.477. The van der Waals surface area contributed by atoms with E-state index in [0.717, 1.165) is 35.2 Å². The van der Waals surface area contributed by atoms with Crippen molar-refractivity contribution in [1.82, 2.24) is 9.80 Å². The molecule has 0 aromatic heterocycles. The largest absolute Gasteiger partial charge is 0.339 e. The van der Waals surface area contributed by atoms with Gasteiger partial charge >= 0.3 is 0 Å². The van der Waals surface area contributed by atoms with Gasteiger partial charge in [-0.15, -0.1) is 0 Å². The van der Waals surface area contributed by atoms with Crippen LogP contribution in [0.25, 0.3) is 0 Å². The van der Waals surface area contributed by atoms with Crippen LogP contribution in [0.5, 0.6) is 0 Å². The van der Waals surface area contributed by atoms with Gasteiger partial charge in [-0.25, -0.2) is 4.39 Å². The lowest BCUT2D eigenvalue weighted by Gasteiger charge is -2.36. The van der Waals surface area contributed by atoms with Gasteiger partial charge < -0.3 is 10.2 Å². The van der Waals surface area contributed by atoms with E-state index >= 15 is 0 Å². The van der Waals surface area contributed by atoms with Crippen LogP contribution in [0, 0.1) is 19.7 Å². The Hall–Kier alpha value is -2.73. The fourth-order valence-electron chi connectivity index (χ4n) is 4.33. The standard InChI is InChI=1S/C24H28FN3O2/c1-17-4-3-5-18(2)22(17)26-21(29)16-27-12-14-28(15-13-27)23(30)24(10-11-24)19-6-8-20(25)9-7-19/h3-9H,10-16H2,1-2H3,(H,26,29). The second kappa shape index (κ2) is 8.19. The fraction of sp³-hybridized carbons (Fsp3) is 0.417. The van der Waals surface area contributed by atoms with Crippen molar-refractivity contribution in [2.75, 3.05) is 38.0 Å². The average Bonchev–Trinajstić information content (AvgIpc) is 3.53. The van der Waals surface area contributed by atoms with Crippen LogP contribution in [0.3, 0.4) is 0 Å². The third-order valence-electron chi connectivity index (χ3n) is 6.33. The van der Waals surface area contributed by atoms with Crippen molar-refractivity contribution in [1.29, 1.82) is 0 Å². The number of nitrogens with one attached hydrogen (secondary N) is 1. The van der Waals surface area contributed by atoms with Gasteiger partial charge in [-0.05, 0) is 55.5 Å². The monoisotopic (exact) mass is 409 g/mol. The third kappa shape index (κ3) is 4.10. The summed E-state index contributed by atoms with van der Waals surface area (Å²) in [6, 6.07) is 12.3. The summed E-state index contributed by atoms with van der Waals surface area (Å²) in [4.78, 5) is 29.7. The van der Waals surface area contributed by atoms with Crippen molar-refractivity contribution in [2.24, 2.45) is 0 Å². The molecule has 1 saturated heterocycles. The first-order chi connectivity index (χ1) is 14.4. The lowest BCUT2D eigenvalue weighted by molar-refractivity contribution is -0.135. The van der Waals surface area contributed by atoms with E-state index in [-0.39, 0.29) is 17.6 Å². The molecule has 2 amide bonds. The minimum Gasteiger partial charge on any atom is -0.339 e. The summed E-state index contributed by atoms with van der Waals surface area (Å²) in [5, 5.41) is 3.03. The molecule has 2 aliphatic rings. The van der Waals surface area contributed by atoms with E-state index in [1.165, 1.54) is 12.1 Å². The van der Waals surface area contributed by atoms with Crippen LogP contribution < -0.4 is 5.32 Å². The first-order valence-electron chi connectivity index (χ1n) is 10.5. The van der Waals surface area contributed by atoms with Crippen molar-refractivity contribution in [2.45, 2.75) is 32.1 Å². The molecule has 2 aromatic carbocycles. The maximum Gasteiger partial charge on any atom is 0.238 e. The number of hydrogen-bond donors (Lipinski definition) is 1. The number of amides is 2. The van der Waals surface area contributed by atoms with Crippen LogP contribution in [-0.2, 0) is 15.0 Å². The van der Waals surface area contributed by atoms with Gasteiger partial charge in [-0.2, -0.15) is 0 Å². The number of para-hydroxylation sites is 1. The summed E-state index contributed by atoms with van der Waals surface area (Å²) in [5.41, 5.74) is 3.41.